The Morgan fingerprint density at radius 1 is 1.32 bits per heavy atom. The first kappa shape index (κ1) is 20.6. The van der Waals surface area contributed by atoms with Crippen LogP contribution in [0.2, 0.25) is 0 Å². The van der Waals surface area contributed by atoms with Gasteiger partial charge >= 0.3 is 0 Å². The number of benzene rings is 1. The van der Waals surface area contributed by atoms with E-state index in [-0.39, 0.29) is 24.0 Å². The Balaban J connectivity index is 0.00000441. The lowest BCUT2D eigenvalue weighted by Crippen LogP contribution is -2.37. The van der Waals surface area contributed by atoms with Gasteiger partial charge in [-0.15, -0.1) is 30.4 Å². The second-order valence-corrected chi connectivity index (χ2v) is 4.71. The highest BCUT2D eigenvalue weighted by Gasteiger charge is 2.04. The Labute approximate surface area is 151 Å². The largest absolute Gasteiger partial charge is 0.493 e. The van der Waals surface area contributed by atoms with Crippen molar-refractivity contribution >= 4 is 29.9 Å². The summed E-state index contributed by atoms with van der Waals surface area (Å²) in [6.07, 6.45) is 6.25. The van der Waals surface area contributed by atoms with Gasteiger partial charge in [0.05, 0.1) is 19.7 Å². The van der Waals surface area contributed by atoms with Crippen LogP contribution in [0.1, 0.15) is 31.4 Å². The molecule has 0 radical (unpaired) electrons. The van der Waals surface area contributed by atoms with Crippen molar-refractivity contribution in [1.82, 2.24) is 10.6 Å². The van der Waals surface area contributed by atoms with Crippen molar-refractivity contribution in [3.8, 4) is 18.1 Å². The lowest BCUT2D eigenvalue weighted by molar-refractivity contribution is 0.314. The molecule has 0 saturated carbocycles. The Hall–Kier alpha value is -1.42. The van der Waals surface area contributed by atoms with Crippen molar-refractivity contribution in [2.45, 2.75) is 33.7 Å². The summed E-state index contributed by atoms with van der Waals surface area (Å²) in [7, 11) is 0. The molecule has 0 spiro atoms. The zero-order valence-corrected chi connectivity index (χ0v) is 15.9. The Morgan fingerprint density at radius 2 is 2.09 bits per heavy atom. The third kappa shape index (κ3) is 7.55. The molecule has 0 bridgehead atoms. The van der Waals surface area contributed by atoms with Crippen molar-refractivity contribution in [2.75, 3.05) is 19.7 Å². The predicted molar refractivity (Wildman–Crippen MR) is 104 cm³/mol. The van der Waals surface area contributed by atoms with Gasteiger partial charge in [-0.05, 0) is 31.9 Å². The molecule has 0 fully saturated rings. The van der Waals surface area contributed by atoms with Gasteiger partial charge in [-0.2, -0.15) is 0 Å². The molecule has 0 aliphatic heterocycles. The maximum absolute atomic E-state index is 5.80. The van der Waals surface area contributed by atoms with Gasteiger partial charge in [0, 0.05) is 12.1 Å². The minimum Gasteiger partial charge on any atom is -0.493 e. The van der Waals surface area contributed by atoms with Gasteiger partial charge in [0.15, 0.2) is 5.96 Å². The van der Waals surface area contributed by atoms with Crippen LogP contribution >= 0.6 is 24.0 Å². The molecule has 2 N–H and O–H groups in total. The van der Waals surface area contributed by atoms with E-state index in [1.807, 2.05) is 6.92 Å². The summed E-state index contributed by atoms with van der Waals surface area (Å²) in [5.41, 5.74) is 2.26. The van der Waals surface area contributed by atoms with E-state index in [0.29, 0.717) is 13.1 Å². The number of rotatable bonds is 7. The summed E-state index contributed by atoms with van der Waals surface area (Å²) in [6, 6.07) is 6.20. The first-order valence-electron chi connectivity index (χ1n) is 7.39. The van der Waals surface area contributed by atoms with E-state index in [1.54, 1.807) is 0 Å². The van der Waals surface area contributed by atoms with Crippen LogP contribution in [0.4, 0.5) is 0 Å². The highest BCUT2D eigenvalue weighted by Crippen LogP contribution is 2.21. The van der Waals surface area contributed by atoms with Crippen molar-refractivity contribution in [2.24, 2.45) is 4.99 Å². The van der Waals surface area contributed by atoms with E-state index in [1.165, 1.54) is 5.56 Å². The quantitative estimate of drug-likeness (QED) is 0.312. The number of ether oxygens (including phenoxy) is 1. The van der Waals surface area contributed by atoms with Crippen LogP contribution in [0.25, 0.3) is 0 Å². The molecule has 122 valence electrons. The molecule has 0 amide bonds. The molecule has 5 heteroatoms. The van der Waals surface area contributed by atoms with Gasteiger partial charge in [0.25, 0.3) is 0 Å². The molecular weight excluding hydrogens is 389 g/mol. The number of hydrogen-bond donors (Lipinski definition) is 2. The summed E-state index contributed by atoms with van der Waals surface area (Å²) < 4.78 is 5.80. The second kappa shape index (κ2) is 12.2. The van der Waals surface area contributed by atoms with Gasteiger partial charge in [-0.3, -0.25) is 0 Å². The number of aryl methyl sites for hydroxylation is 1. The predicted octanol–water partition coefficient (Wildman–Crippen LogP) is 3.09. The number of terminal acetylenes is 1. The molecule has 0 aliphatic carbocycles. The minimum absolute atomic E-state index is 0. The number of hydrogen-bond acceptors (Lipinski definition) is 2. The van der Waals surface area contributed by atoms with Crippen molar-refractivity contribution in [3.05, 3.63) is 29.3 Å². The molecule has 1 aromatic rings. The zero-order valence-electron chi connectivity index (χ0n) is 13.6. The van der Waals surface area contributed by atoms with Crippen LogP contribution in [0.5, 0.6) is 5.75 Å². The Morgan fingerprint density at radius 3 is 2.73 bits per heavy atom. The normalized spacial score (nSPS) is 10.4. The highest BCUT2D eigenvalue weighted by atomic mass is 127. The third-order valence-corrected chi connectivity index (χ3v) is 2.79. The summed E-state index contributed by atoms with van der Waals surface area (Å²) in [6.45, 7) is 8.71. The molecule has 22 heavy (non-hydrogen) atoms. The van der Waals surface area contributed by atoms with Gasteiger partial charge in [-0.25, -0.2) is 4.99 Å². The number of halogens is 1. The van der Waals surface area contributed by atoms with Crippen molar-refractivity contribution < 1.29 is 4.74 Å². The van der Waals surface area contributed by atoms with Crippen LogP contribution in [-0.4, -0.2) is 25.7 Å². The van der Waals surface area contributed by atoms with Crippen LogP contribution < -0.4 is 15.4 Å². The van der Waals surface area contributed by atoms with E-state index < -0.39 is 0 Å². The summed E-state index contributed by atoms with van der Waals surface area (Å²) in [5, 5.41) is 6.24. The molecule has 0 atom stereocenters. The smallest absolute Gasteiger partial charge is 0.192 e. The average Bonchev–Trinajstić information content (AvgIpc) is 2.49. The van der Waals surface area contributed by atoms with E-state index in [0.717, 1.165) is 36.8 Å². The first-order valence-corrected chi connectivity index (χ1v) is 7.39. The molecule has 0 aliphatic rings. The molecule has 0 saturated heterocycles. The molecule has 1 aromatic carbocycles. The minimum atomic E-state index is 0. The summed E-state index contributed by atoms with van der Waals surface area (Å²) in [5.74, 6) is 4.18. The fourth-order valence-corrected chi connectivity index (χ4v) is 1.78. The van der Waals surface area contributed by atoms with Crippen LogP contribution in [-0.2, 0) is 6.54 Å². The lowest BCUT2D eigenvalue weighted by atomic mass is 10.1. The molecule has 0 heterocycles. The summed E-state index contributed by atoms with van der Waals surface area (Å²) >= 11 is 0. The Kier molecular flexibility index (Phi) is 11.4. The lowest BCUT2D eigenvalue weighted by Gasteiger charge is -2.12. The van der Waals surface area contributed by atoms with Crippen LogP contribution in [0.3, 0.4) is 0 Å². The van der Waals surface area contributed by atoms with Crippen LogP contribution in [0, 0.1) is 19.3 Å². The van der Waals surface area contributed by atoms with E-state index >= 15 is 0 Å². The molecule has 0 unspecified atom stereocenters. The number of nitrogens with zero attached hydrogens (tertiary/aromatic N) is 1. The third-order valence-electron chi connectivity index (χ3n) is 2.79. The molecular formula is C17H26IN3O. The topological polar surface area (TPSA) is 45.7 Å². The first-order chi connectivity index (χ1) is 10.2. The monoisotopic (exact) mass is 415 g/mol. The zero-order chi connectivity index (χ0) is 15.5. The van der Waals surface area contributed by atoms with Crippen molar-refractivity contribution in [3.63, 3.8) is 0 Å². The number of guanidine groups is 1. The van der Waals surface area contributed by atoms with Crippen molar-refractivity contribution in [1.29, 1.82) is 0 Å². The van der Waals surface area contributed by atoms with Gasteiger partial charge < -0.3 is 15.4 Å². The van der Waals surface area contributed by atoms with Gasteiger partial charge in [-0.1, -0.05) is 25.0 Å². The standard InChI is InChI=1S/C17H25N3O.HI/c1-5-10-19-17(18-7-3)20-13-15-9-8-14(4)12-16(15)21-11-6-2;/h1,8-9,12H,6-7,10-11,13H2,2-4H3,(H2,18,19,20);1H. The van der Waals surface area contributed by atoms with Gasteiger partial charge in [0.2, 0.25) is 0 Å². The molecule has 0 aromatic heterocycles. The molecule has 1 rings (SSSR count). The van der Waals surface area contributed by atoms with E-state index in [2.05, 4.69) is 53.6 Å². The second-order valence-electron chi connectivity index (χ2n) is 4.71. The SMILES string of the molecule is C#CCNC(=NCc1ccc(C)cc1OCCC)NCC.I. The number of aliphatic imine (C=N–C) groups is 1. The van der Waals surface area contributed by atoms with Gasteiger partial charge in [0.1, 0.15) is 5.75 Å². The maximum atomic E-state index is 5.80. The molecule has 4 nitrogen and oxygen atoms in total. The summed E-state index contributed by atoms with van der Waals surface area (Å²) in [4.78, 5) is 4.54. The highest BCUT2D eigenvalue weighted by molar-refractivity contribution is 14.0. The average molecular weight is 415 g/mol. The number of nitrogens with one attached hydrogen (secondary N) is 2. The Bertz CT molecular complexity index is 509. The van der Waals surface area contributed by atoms with E-state index in [4.69, 9.17) is 11.2 Å². The fraction of sp³-hybridized carbons (Fsp3) is 0.471. The van der Waals surface area contributed by atoms with Crippen LogP contribution in [0.15, 0.2) is 23.2 Å². The maximum Gasteiger partial charge on any atom is 0.192 e. The fourth-order valence-electron chi connectivity index (χ4n) is 1.78. The van der Waals surface area contributed by atoms with E-state index in [9.17, 15) is 0 Å².